The Morgan fingerprint density at radius 1 is 1.39 bits per heavy atom. The minimum atomic E-state index is -0.524. The number of thiazole rings is 1. The fourth-order valence-corrected chi connectivity index (χ4v) is 5.15. The molecule has 0 unspecified atom stereocenters. The first-order chi connectivity index (χ1) is 14.3. The summed E-state index contributed by atoms with van der Waals surface area (Å²) in [4.78, 5) is 22.4. The molecule has 0 aliphatic carbocycles. The van der Waals surface area contributed by atoms with E-state index in [0.717, 1.165) is 27.7 Å². The molecule has 0 radical (unpaired) electrons. The molecule has 9 nitrogen and oxygen atoms in total. The van der Waals surface area contributed by atoms with Crippen LogP contribution in [0.25, 0.3) is 10.6 Å². The van der Waals surface area contributed by atoms with Crippen LogP contribution >= 0.6 is 24.8 Å². The van der Waals surface area contributed by atoms with Crippen molar-refractivity contribution in [1.82, 2.24) is 19.4 Å². The van der Waals surface area contributed by atoms with E-state index in [-0.39, 0.29) is 31.1 Å². The molecule has 2 aliphatic heterocycles. The Bertz CT molecular complexity index is 1120. The summed E-state index contributed by atoms with van der Waals surface area (Å²) in [6.07, 6.45) is 1.41. The standard InChI is InChI=1S/C19H18FN5O4S.H2S/c1-19(10-24-8-16(25(26)27)22-18(24)29-19)9-23-6-13-15(7-23)30-17(21-13)12-4-3-11(20)5-14(12)28-2;/h3-5,8H,6-7,9-10H2,1-2H3;1H2/t19-;/m0./s1. The molecule has 0 N–H and O–H groups in total. The molecule has 0 bridgehead atoms. The zero-order valence-electron chi connectivity index (χ0n) is 16.8. The summed E-state index contributed by atoms with van der Waals surface area (Å²) >= 11 is 1.58. The summed E-state index contributed by atoms with van der Waals surface area (Å²) < 4.78 is 26.4. The van der Waals surface area contributed by atoms with Crippen LogP contribution in [0.2, 0.25) is 0 Å². The van der Waals surface area contributed by atoms with Gasteiger partial charge in [0.05, 0.1) is 24.9 Å². The van der Waals surface area contributed by atoms with Crippen molar-refractivity contribution < 1.29 is 18.8 Å². The lowest BCUT2D eigenvalue weighted by Crippen LogP contribution is -2.43. The summed E-state index contributed by atoms with van der Waals surface area (Å²) in [7, 11) is 1.52. The number of hydrogen-bond donors (Lipinski definition) is 0. The fraction of sp³-hybridized carbons (Fsp3) is 0.368. The molecule has 0 fully saturated rings. The highest BCUT2D eigenvalue weighted by atomic mass is 32.1. The molecule has 0 saturated carbocycles. The normalized spacial score (nSPS) is 19.5. The van der Waals surface area contributed by atoms with Gasteiger partial charge in [-0.2, -0.15) is 13.5 Å². The highest BCUT2D eigenvalue weighted by molar-refractivity contribution is 7.59. The van der Waals surface area contributed by atoms with Gasteiger partial charge in [-0.3, -0.25) is 9.47 Å². The van der Waals surface area contributed by atoms with Crippen molar-refractivity contribution in [1.29, 1.82) is 0 Å². The molecule has 0 saturated heterocycles. The number of nitro groups is 1. The molecule has 3 aromatic rings. The first-order valence-electron chi connectivity index (χ1n) is 9.29. The second kappa shape index (κ2) is 7.77. The van der Waals surface area contributed by atoms with Crippen LogP contribution < -0.4 is 9.47 Å². The van der Waals surface area contributed by atoms with Gasteiger partial charge in [0.2, 0.25) is 0 Å². The smallest absolute Gasteiger partial charge is 0.415 e. The number of imidazole rings is 1. The average Bonchev–Trinajstić information content (AvgIpc) is 3.39. The van der Waals surface area contributed by atoms with Crippen molar-refractivity contribution in [2.45, 2.75) is 32.2 Å². The number of ether oxygens (including phenoxy) is 2. The van der Waals surface area contributed by atoms with Gasteiger partial charge in [0, 0.05) is 35.6 Å². The van der Waals surface area contributed by atoms with E-state index in [9.17, 15) is 14.5 Å². The SMILES string of the molecule is COc1cc(F)ccc1-c1nc2c(s1)CN(C[C@@]1(C)Cn3cc([N+](=O)[O-])nc3O1)C2.S. The van der Waals surface area contributed by atoms with E-state index in [4.69, 9.17) is 14.5 Å². The lowest BCUT2D eigenvalue weighted by atomic mass is 10.1. The van der Waals surface area contributed by atoms with Crippen LogP contribution in [0.5, 0.6) is 11.8 Å². The van der Waals surface area contributed by atoms with Crippen molar-refractivity contribution in [2.24, 2.45) is 0 Å². The number of aromatic nitrogens is 3. The zero-order valence-corrected chi connectivity index (χ0v) is 18.6. The summed E-state index contributed by atoms with van der Waals surface area (Å²) in [5.74, 6) is -0.0843. The molecule has 2 aliphatic rings. The zero-order chi connectivity index (χ0) is 21.0. The van der Waals surface area contributed by atoms with Gasteiger partial charge in [0.1, 0.15) is 28.4 Å². The van der Waals surface area contributed by atoms with Gasteiger partial charge in [-0.05, 0) is 24.0 Å². The molecular weight excluding hydrogens is 445 g/mol. The molecule has 164 valence electrons. The molecule has 31 heavy (non-hydrogen) atoms. The second-order valence-electron chi connectivity index (χ2n) is 7.70. The van der Waals surface area contributed by atoms with Crippen LogP contribution in [-0.2, 0) is 19.6 Å². The number of rotatable bonds is 5. The average molecular weight is 466 g/mol. The van der Waals surface area contributed by atoms with Crippen molar-refractivity contribution >= 4 is 30.7 Å². The largest absolute Gasteiger partial charge is 0.496 e. The summed E-state index contributed by atoms with van der Waals surface area (Å²) in [6.45, 7) is 4.53. The third kappa shape index (κ3) is 3.86. The van der Waals surface area contributed by atoms with Crippen LogP contribution in [0.3, 0.4) is 0 Å². The monoisotopic (exact) mass is 465 g/mol. The minimum absolute atomic E-state index is 0. The molecule has 4 heterocycles. The maximum atomic E-state index is 13.5. The summed E-state index contributed by atoms with van der Waals surface area (Å²) in [5.41, 5.74) is 1.26. The van der Waals surface area contributed by atoms with Gasteiger partial charge >= 0.3 is 11.8 Å². The third-order valence-corrected chi connectivity index (χ3v) is 6.34. The maximum Gasteiger partial charge on any atom is 0.415 e. The number of fused-ring (bicyclic) bond motifs is 2. The van der Waals surface area contributed by atoms with Gasteiger partial charge in [0.15, 0.2) is 0 Å². The first kappa shape index (κ1) is 21.5. The highest BCUT2D eigenvalue weighted by Gasteiger charge is 2.42. The van der Waals surface area contributed by atoms with E-state index in [1.165, 1.54) is 25.4 Å². The number of nitrogens with zero attached hydrogens (tertiary/aromatic N) is 5. The Labute approximate surface area is 188 Å². The predicted octanol–water partition coefficient (Wildman–Crippen LogP) is 3.34. The number of methoxy groups -OCH3 is 1. The second-order valence-corrected chi connectivity index (χ2v) is 8.78. The fourth-order valence-electron chi connectivity index (χ4n) is 4.01. The topological polar surface area (TPSA) is 95.5 Å². The number of halogens is 1. The van der Waals surface area contributed by atoms with E-state index in [2.05, 4.69) is 9.88 Å². The van der Waals surface area contributed by atoms with Crippen LogP contribution in [0.1, 0.15) is 17.5 Å². The lowest BCUT2D eigenvalue weighted by molar-refractivity contribution is -0.389. The Morgan fingerprint density at radius 3 is 2.87 bits per heavy atom. The Balaban J connectivity index is 0.00000231. The molecular formula is C19H20FN5O4S2. The first-order valence-corrected chi connectivity index (χ1v) is 10.1. The Hall–Kier alpha value is -2.70. The summed E-state index contributed by atoms with van der Waals surface area (Å²) in [5, 5.41) is 11.7. The van der Waals surface area contributed by atoms with Gasteiger partial charge in [0.25, 0.3) is 0 Å². The number of hydrogen-bond acceptors (Lipinski definition) is 8. The Morgan fingerprint density at radius 2 is 2.19 bits per heavy atom. The molecule has 0 amide bonds. The number of benzene rings is 1. The van der Waals surface area contributed by atoms with Crippen molar-refractivity contribution in [3.05, 3.63) is 50.9 Å². The van der Waals surface area contributed by atoms with E-state index in [1.807, 2.05) is 6.92 Å². The Kier molecular flexibility index (Phi) is 5.40. The molecule has 12 heteroatoms. The van der Waals surface area contributed by atoms with E-state index in [1.54, 1.807) is 22.0 Å². The van der Waals surface area contributed by atoms with Crippen molar-refractivity contribution in [3.8, 4) is 22.3 Å². The molecule has 2 aromatic heterocycles. The molecule has 1 aromatic carbocycles. The summed E-state index contributed by atoms with van der Waals surface area (Å²) in [6, 6.07) is 4.73. The third-order valence-electron chi connectivity index (χ3n) is 5.23. The van der Waals surface area contributed by atoms with Gasteiger partial charge < -0.3 is 19.6 Å². The minimum Gasteiger partial charge on any atom is -0.496 e. The van der Waals surface area contributed by atoms with Crippen LogP contribution in [-0.4, -0.2) is 43.6 Å². The van der Waals surface area contributed by atoms with E-state index in [0.29, 0.717) is 25.4 Å². The quantitative estimate of drug-likeness (QED) is 0.421. The van der Waals surface area contributed by atoms with E-state index < -0.39 is 10.5 Å². The van der Waals surface area contributed by atoms with Crippen LogP contribution in [0.15, 0.2) is 24.4 Å². The van der Waals surface area contributed by atoms with Crippen LogP contribution in [0.4, 0.5) is 10.2 Å². The molecule has 1 atom stereocenters. The van der Waals surface area contributed by atoms with Gasteiger partial charge in [-0.25, -0.2) is 9.37 Å². The predicted molar refractivity (Wildman–Crippen MR) is 116 cm³/mol. The highest BCUT2D eigenvalue weighted by Crippen LogP contribution is 2.39. The van der Waals surface area contributed by atoms with Crippen LogP contribution in [0, 0.1) is 15.9 Å². The molecule has 0 spiro atoms. The lowest BCUT2D eigenvalue weighted by Gasteiger charge is -2.27. The van der Waals surface area contributed by atoms with E-state index >= 15 is 0 Å². The molecule has 5 rings (SSSR count). The van der Waals surface area contributed by atoms with Crippen molar-refractivity contribution in [3.63, 3.8) is 0 Å². The van der Waals surface area contributed by atoms with Gasteiger partial charge in [-0.1, -0.05) is 0 Å². The maximum absolute atomic E-state index is 13.5. The van der Waals surface area contributed by atoms with Gasteiger partial charge in [-0.15, -0.1) is 11.3 Å². The van der Waals surface area contributed by atoms with Crippen molar-refractivity contribution in [2.75, 3.05) is 13.7 Å².